The third kappa shape index (κ3) is 3.88. The maximum atomic E-state index is 14.6. The molecule has 1 fully saturated rings. The molecule has 1 aromatic carbocycles. The smallest absolute Gasteiger partial charge is 0.230 e. The molecule has 0 unspecified atom stereocenters. The highest BCUT2D eigenvalue weighted by Gasteiger charge is 2.65. The Morgan fingerprint density at radius 2 is 1.82 bits per heavy atom. The molecule has 0 saturated heterocycles. The van der Waals surface area contributed by atoms with E-state index in [0.717, 1.165) is 30.4 Å². The number of sulfonamides is 1. The molecule has 6 rings (SSSR count). The summed E-state index contributed by atoms with van der Waals surface area (Å²) in [4.78, 5) is 13.6. The summed E-state index contributed by atoms with van der Waals surface area (Å²) in [7, 11) is -3.59. The second kappa shape index (κ2) is 9.07. The van der Waals surface area contributed by atoms with Crippen LogP contribution in [-0.4, -0.2) is 44.9 Å². The van der Waals surface area contributed by atoms with E-state index < -0.39 is 33.7 Å². The molecule has 9 nitrogen and oxygen atoms in total. The van der Waals surface area contributed by atoms with Crippen molar-refractivity contribution in [3.8, 4) is 22.5 Å². The molecule has 0 spiro atoms. The van der Waals surface area contributed by atoms with Gasteiger partial charge in [-0.1, -0.05) is 19.9 Å². The molecular formula is C28H26F2N6O3S. The Morgan fingerprint density at radius 3 is 2.52 bits per heavy atom. The zero-order chi connectivity index (χ0) is 28.4. The number of fused-ring (bicyclic) bond motifs is 5. The largest absolute Gasteiger partial charge is 0.392 e. The molecule has 1 saturated carbocycles. The lowest BCUT2D eigenvalue weighted by molar-refractivity contribution is 0.242. The average molecular weight is 565 g/mol. The molecule has 2 aliphatic carbocycles. The summed E-state index contributed by atoms with van der Waals surface area (Å²) in [5.74, 6) is -1.28. The molecule has 2 bridgehead atoms. The van der Waals surface area contributed by atoms with Gasteiger partial charge in [-0.05, 0) is 54.0 Å². The van der Waals surface area contributed by atoms with Crippen molar-refractivity contribution in [3.63, 3.8) is 0 Å². The first-order valence-electron chi connectivity index (χ1n) is 12.7. The van der Waals surface area contributed by atoms with E-state index >= 15 is 0 Å². The fourth-order valence-electron chi connectivity index (χ4n) is 6.51. The van der Waals surface area contributed by atoms with Gasteiger partial charge in [0.25, 0.3) is 0 Å². The predicted octanol–water partition coefficient (Wildman–Crippen LogP) is 4.34. The zero-order valence-electron chi connectivity index (χ0n) is 22.0. The minimum Gasteiger partial charge on any atom is -0.392 e. The van der Waals surface area contributed by atoms with Gasteiger partial charge in [0.15, 0.2) is 0 Å². The highest BCUT2D eigenvalue weighted by atomic mass is 32.2. The van der Waals surface area contributed by atoms with Gasteiger partial charge in [-0.3, -0.25) is 9.71 Å². The number of nitrogens with one attached hydrogen (secondary N) is 1. The number of nitrogens with zero attached hydrogens (tertiary/aromatic N) is 5. The number of anilines is 1. The van der Waals surface area contributed by atoms with Crippen molar-refractivity contribution in [3.05, 3.63) is 83.1 Å². The fraction of sp³-hybridized carbons (Fsp3) is 0.321. The molecule has 0 aliphatic heterocycles. The van der Waals surface area contributed by atoms with E-state index in [1.54, 1.807) is 24.5 Å². The van der Waals surface area contributed by atoms with Crippen molar-refractivity contribution < 1.29 is 22.3 Å². The monoisotopic (exact) mass is 564 g/mol. The van der Waals surface area contributed by atoms with E-state index in [0.29, 0.717) is 22.5 Å². The number of aliphatic hydroxyl groups is 1. The highest BCUT2D eigenvalue weighted by Crippen LogP contribution is 2.69. The molecule has 12 heteroatoms. The van der Waals surface area contributed by atoms with E-state index in [1.807, 2.05) is 0 Å². The quantitative estimate of drug-likeness (QED) is 0.354. The molecule has 2 N–H and O–H groups in total. The van der Waals surface area contributed by atoms with Gasteiger partial charge in [0.1, 0.15) is 17.5 Å². The first kappa shape index (κ1) is 26.3. The van der Waals surface area contributed by atoms with Crippen LogP contribution in [0, 0.1) is 17.0 Å². The van der Waals surface area contributed by atoms with Crippen LogP contribution >= 0.6 is 0 Å². The summed E-state index contributed by atoms with van der Waals surface area (Å²) >= 11 is 0. The molecular weight excluding hydrogens is 538 g/mol. The maximum Gasteiger partial charge on any atom is 0.230 e. The van der Waals surface area contributed by atoms with E-state index in [9.17, 15) is 22.3 Å². The molecule has 3 heterocycles. The maximum absolute atomic E-state index is 14.6. The van der Waals surface area contributed by atoms with E-state index in [4.69, 9.17) is 4.98 Å². The number of aliphatic hydroxyl groups excluding tert-OH is 1. The molecule has 2 atom stereocenters. The van der Waals surface area contributed by atoms with Crippen LogP contribution in [0.1, 0.15) is 55.1 Å². The van der Waals surface area contributed by atoms with Crippen LogP contribution in [0.25, 0.3) is 22.5 Å². The second-order valence-corrected chi connectivity index (χ2v) is 12.7. The van der Waals surface area contributed by atoms with Crippen molar-refractivity contribution >= 4 is 15.8 Å². The van der Waals surface area contributed by atoms with Crippen molar-refractivity contribution in [1.29, 1.82) is 0 Å². The summed E-state index contributed by atoms with van der Waals surface area (Å²) in [6, 6.07) is 7.08. The zero-order valence-corrected chi connectivity index (χ0v) is 22.8. The van der Waals surface area contributed by atoms with Gasteiger partial charge in [-0.15, -0.1) is 5.10 Å². The topological polar surface area (TPSA) is 131 Å². The summed E-state index contributed by atoms with van der Waals surface area (Å²) in [6.45, 7) is 3.85. The Balaban J connectivity index is 1.45. The second-order valence-electron chi connectivity index (χ2n) is 10.9. The van der Waals surface area contributed by atoms with Gasteiger partial charge >= 0.3 is 0 Å². The van der Waals surface area contributed by atoms with E-state index in [1.165, 1.54) is 24.4 Å². The van der Waals surface area contributed by atoms with Crippen LogP contribution in [0.2, 0.25) is 0 Å². The SMILES string of the molecule is CC1(C)[C@H]2CC[C@]1(c1cncc(-c3cnc(NS(C)(=O)=O)c(CO)c3)n1)c1nnc(-c3c(F)cccc3F)cc12. The molecule has 0 radical (unpaired) electrons. The standard InChI is InChI=1S/C28H26F2N6O3S/c1-27(2)18-7-8-28(27,25-17(18)10-21(34-35-25)24-19(29)5-4-6-20(24)30)23-13-31-12-22(33-23)15-9-16(14-37)26(32-11-15)36-40(3,38)39/h4-6,9-13,18,37H,7-8,14H2,1-3H3,(H,32,36)/t18-,28-/m0/s1. The van der Waals surface area contributed by atoms with Crippen LogP contribution in [0.5, 0.6) is 0 Å². The van der Waals surface area contributed by atoms with Crippen LogP contribution in [0.4, 0.5) is 14.6 Å². The molecule has 0 amide bonds. The summed E-state index contributed by atoms with van der Waals surface area (Å²) < 4.78 is 54.8. The third-order valence-corrected chi connectivity index (χ3v) is 8.95. The van der Waals surface area contributed by atoms with Gasteiger partial charge in [-0.25, -0.2) is 27.2 Å². The molecule has 2 aliphatic rings. The Bertz CT molecular complexity index is 1760. The highest BCUT2D eigenvalue weighted by molar-refractivity contribution is 7.92. The summed E-state index contributed by atoms with van der Waals surface area (Å²) in [6.07, 6.45) is 7.33. The molecule has 40 heavy (non-hydrogen) atoms. The van der Waals surface area contributed by atoms with Crippen molar-refractivity contribution in [2.45, 2.75) is 44.6 Å². The lowest BCUT2D eigenvalue weighted by Crippen LogP contribution is -2.38. The van der Waals surface area contributed by atoms with Crippen LogP contribution in [-0.2, 0) is 22.0 Å². The first-order chi connectivity index (χ1) is 19.0. The number of hydrogen-bond acceptors (Lipinski definition) is 8. The number of aromatic nitrogens is 5. The van der Waals surface area contributed by atoms with Crippen molar-refractivity contribution in [1.82, 2.24) is 25.1 Å². The lowest BCUT2D eigenvalue weighted by Gasteiger charge is -2.37. The molecule has 206 valence electrons. The number of halogens is 2. The Hall–Kier alpha value is -3.90. The van der Waals surface area contributed by atoms with Gasteiger partial charge < -0.3 is 5.11 Å². The Kier molecular flexibility index (Phi) is 5.97. The van der Waals surface area contributed by atoms with E-state index in [-0.39, 0.29) is 28.4 Å². The van der Waals surface area contributed by atoms with Gasteiger partial charge in [0.05, 0.1) is 52.8 Å². The lowest BCUT2D eigenvalue weighted by atomic mass is 9.66. The minimum absolute atomic E-state index is 0.0401. The Labute approximate surface area is 229 Å². The van der Waals surface area contributed by atoms with E-state index in [2.05, 4.69) is 38.7 Å². The average Bonchev–Trinajstić information content (AvgIpc) is 3.29. The number of hydrogen-bond donors (Lipinski definition) is 2. The molecule has 4 aromatic rings. The predicted molar refractivity (Wildman–Crippen MR) is 144 cm³/mol. The van der Waals surface area contributed by atoms with Gasteiger partial charge in [-0.2, -0.15) is 5.10 Å². The number of benzene rings is 1. The summed E-state index contributed by atoms with van der Waals surface area (Å²) in [5.41, 5.74) is 2.61. The fourth-order valence-corrected chi connectivity index (χ4v) is 7.04. The van der Waals surface area contributed by atoms with Crippen LogP contribution in [0.3, 0.4) is 0 Å². The minimum atomic E-state index is -3.59. The van der Waals surface area contributed by atoms with Gasteiger partial charge in [0, 0.05) is 23.5 Å². The van der Waals surface area contributed by atoms with Gasteiger partial charge in [0.2, 0.25) is 10.0 Å². The summed E-state index contributed by atoms with van der Waals surface area (Å²) in [5, 5.41) is 18.7. The van der Waals surface area contributed by atoms with Crippen molar-refractivity contribution in [2.75, 3.05) is 11.0 Å². The van der Waals surface area contributed by atoms with Crippen LogP contribution < -0.4 is 4.72 Å². The number of rotatable bonds is 6. The van der Waals surface area contributed by atoms with Crippen LogP contribution in [0.15, 0.2) is 48.9 Å². The first-order valence-corrected chi connectivity index (χ1v) is 14.6. The molecule has 3 aromatic heterocycles. The normalized spacial score (nSPS) is 20.9. The Morgan fingerprint density at radius 1 is 1.07 bits per heavy atom. The van der Waals surface area contributed by atoms with Crippen molar-refractivity contribution in [2.24, 2.45) is 5.41 Å². The number of pyridine rings is 1. The third-order valence-electron chi connectivity index (χ3n) is 8.39.